The predicted octanol–water partition coefficient (Wildman–Crippen LogP) is 4.09. The molecule has 0 saturated carbocycles. The molecular weight excluding hydrogens is 402 g/mol. The highest BCUT2D eigenvalue weighted by Crippen LogP contribution is 2.36. The zero-order chi connectivity index (χ0) is 22.3. The molecular formula is C24H29N7O. The lowest BCUT2D eigenvalue weighted by molar-refractivity contribution is 0.0738. The quantitative estimate of drug-likeness (QED) is 0.557. The molecule has 166 valence electrons. The number of hydrogen-bond acceptors (Lipinski definition) is 8. The van der Waals surface area contributed by atoms with E-state index in [1.54, 1.807) is 13.8 Å². The van der Waals surface area contributed by atoms with Gasteiger partial charge in [-0.15, -0.1) is 0 Å². The van der Waals surface area contributed by atoms with Crippen molar-refractivity contribution in [2.45, 2.75) is 45.8 Å². The first-order valence-electron chi connectivity index (χ1n) is 11.2. The Labute approximate surface area is 188 Å². The monoisotopic (exact) mass is 431 g/mol. The third-order valence-corrected chi connectivity index (χ3v) is 5.93. The number of rotatable bonds is 5. The predicted molar refractivity (Wildman–Crippen MR) is 126 cm³/mol. The van der Waals surface area contributed by atoms with Gasteiger partial charge < -0.3 is 15.7 Å². The van der Waals surface area contributed by atoms with Crippen LogP contribution in [0.25, 0.3) is 0 Å². The molecule has 0 bridgehead atoms. The van der Waals surface area contributed by atoms with E-state index in [0.717, 1.165) is 42.4 Å². The number of nitrogens with one attached hydrogen (secondary N) is 2. The van der Waals surface area contributed by atoms with Crippen LogP contribution in [0.5, 0.6) is 0 Å². The summed E-state index contributed by atoms with van der Waals surface area (Å²) in [4.78, 5) is 14.1. The van der Waals surface area contributed by atoms with Gasteiger partial charge in [0.2, 0.25) is 5.95 Å². The van der Waals surface area contributed by atoms with Crippen molar-refractivity contribution >= 4 is 29.0 Å². The molecule has 0 radical (unpaired) electrons. The second-order valence-electron chi connectivity index (χ2n) is 8.80. The average molecular weight is 432 g/mol. The van der Waals surface area contributed by atoms with Gasteiger partial charge in [0.15, 0.2) is 5.82 Å². The number of aromatic nitrogens is 3. The third-order valence-electron chi connectivity index (χ3n) is 5.93. The largest absolute Gasteiger partial charge is 0.385 e. The van der Waals surface area contributed by atoms with E-state index in [4.69, 9.17) is 9.97 Å². The number of aliphatic hydroxyl groups is 1. The molecule has 2 aromatic heterocycles. The Morgan fingerprint density at radius 2 is 2.03 bits per heavy atom. The summed E-state index contributed by atoms with van der Waals surface area (Å²) in [5, 5.41) is 21.4. The van der Waals surface area contributed by atoms with E-state index in [9.17, 15) is 5.11 Å². The minimum absolute atomic E-state index is 0.543. The molecule has 0 unspecified atom stereocenters. The number of benzene rings is 1. The lowest BCUT2D eigenvalue weighted by Crippen LogP contribution is -2.35. The van der Waals surface area contributed by atoms with Crippen LogP contribution in [-0.4, -0.2) is 38.2 Å². The van der Waals surface area contributed by atoms with Crippen molar-refractivity contribution < 1.29 is 5.11 Å². The highest BCUT2D eigenvalue weighted by molar-refractivity contribution is 5.67. The fourth-order valence-corrected chi connectivity index (χ4v) is 4.21. The van der Waals surface area contributed by atoms with Crippen molar-refractivity contribution in [3.8, 4) is 0 Å². The molecule has 2 aliphatic rings. The van der Waals surface area contributed by atoms with Crippen LogP contribution in [0.4, 0.5) is 29.0 Å². The molecule has 0 saturated heterocycles. The Bertz CT molecular complexity index is 1140. The molecule has 8 nitrogen and oxygen atoms in total. The first-order chi connectivity index (χ1) is 15.4. The van der Waals surface area contributed by atoms with Gasteiger partial charge in [-0.1, -0.05) is 19.1 Å². The number of hydrogen-bond donors (Lipinski definition) is 3. The summed E-state index contributed by atoms with van der Waals surface area (Å²) in [6.45, 7) is 8.10. The van der Waals surface area contributed by atoms with Gasteiger partial charge in [-0.3, -0.25) is 0 Å². The molecule has 3 aromatic rings. The molecule has 4 heterocycles. The molecule has 0 fully saturated rings. The van der Waals surface area contributed by atoms with Gasteiger partial charge in [-0.2, -0.15) is 4.98 Å². The molecule has 32 heavy (non-hydrogen) atoms. The second-order valence-corrected chi connectivity index (χ2v) is 8.80. The van der Waals surface area contributed by atoms with Gasteiger partial charge >= 0.3 is 0 Å². The lowest BCUT2D eigenvalue weighted by Gasteiger charge is -2.28. The summed E-state index contributed by atoms with van der Waals surface area (Å²) in [5.74, 6) is 2.08. The summed E-state index contributed by atoms with van der Waals surface area (Å²) in [7, 11) is 0. The minimum atomic E-state index is -1.02. The van der Waals surface area contributed by atoms with Crippen molar-refractivity contribution in [2.75, 3.05) is 28.7 Å². The van der Waals surface area contributed by atoms with Gasteiger partial charge in [-0.05, 0) is 56.5 Å². The first-order valence-corrected chi connectivity index (χ1v) is 11.2. The molecule has 5 rings (SSSR count). The van der Waals surface area contributed by atoms with Crippen LogP contribution >= 0.6 is 0 Å². The average Bonchev–Trinajstić information content (AvgIpc) is 3.16. The van der Waals surface area contributed by atoms with E-state index in [1.807, 2.05) is 29.4 Å². The van der Waals surface area contributed by atoms with Gasteiger partial charge in [0.1, 0.15) is 11.4 Å². The van der Waals surface area contributed by atoms with Crippen molar-refractivity contribution in [3.05, 3.63) is 59.4 Å². The van der Waals surface area contributed by atoms with E-state index in [1.165, 1.54) is 17.7 Å². The zero-order valence-electron chi connectivity index (χ0n) is 18.8. The van der Waals surface area contributed by atoms with Gasteiger partial charge in [0, 0.05) is 42.8 Å². The van der Waals surface area contributed by atoms with Crippen molar-refractivity contribution in [1.29, 1.82) is 0 Å². The molecule has 0 spiro atoms. The number of aryl methyl sites for hydroxylation is 1. The van der Waals surface area contributed by atoms with Crippen molar-refractivity contribution in [1.82, 2.24) is 20.0 Å². The standard InChI is InChI=1S/C24H29N7O/c1-4-30-15-17-14-26-23(27-18-11-10-16-7-6-12-25-19(16)13-18)29-22(17)31(30)21-9-5-8-20(28-21)24(2,3)32/h5,8-11,13-14,25,32H,4,6-7,12,15H2,1-3H3,(H,26,27,29). The normalized spacial score (nSPS) is 15.8. The Balaban J connectivity index is 1.47. The first kappa shape index (κ1) is 20.7. The van der Waals surface area contributed by atoms with Crippen LogP contribution < -0.4 is 15.6 Å². The van der Waals surface area contributed by atoms with Gasteiger partial charge in [0.05, 0.1) is 5.69 Å². The van der Waals surface area contributed by atoms with E-state index < -0.39 is 5.60 Å². The second kappa shape index (κ2) is 8.03. The summed E-state index contributed by atoms with van der Waals surface area (Å²) in [6.07, 6.45) is 4.15. The summed E-state index contributed by atoms with van der Waals surface area (Å²) in [6, 6.07) is 12.1. The third kappa shape index (κ3) is 3.87. The van der Waals surface area contributed by atoms with Crippen LogP contribution in [0.2, 0.25) is 0 Å². The number of pyridine rings is 1. The maximum atomic E-state index is 10.4. The molecule has 1 aromatic carbocycles. The molecule has 0 amide bonds. The zero-order valence-corrected chi connectivity index (χ0v) is 18.8. The van der Waals surface area contributed by atoms with Crippen LogP contribution in [0, 0.1) is 0 Å². The number of fused-ring (bicyclic) bond motifs is 2. The summed E-state index contributed by atoms with van der Waals surface area (Å²) in [5.41, 5.74) is 4.12. The smallest absolute Gasteiger partial charge is 0.229 e. The van der Waals surface area contributed by atoms with Crippen LogP contribution in [0.1, 0.15) is 44.0 Å². The topological polar surface area (TPSA) is 89.4 Å². The fourth-order valence-electron chi connectivity index (χ4n) is 4.21. The number of nitrogens with zero attached hydrogens (tertiary/aromatic N) is 5. The molecule has 0 aliphatic carbocycles. The van der Waals surface area contributed by atoms with Crippen molar-refractivity contribution in [2.24, 2.45) is 0 Å². The summed E-state index contributed by atoms with van der Waals surface area (Å²) < 4.78 is 0. The Morgan fingerprint density at radius 3 is 2.84 bits per heavy atom. The minimum Gasteiger partial charge on any atom is -0.385 e. The van der Waals surface area contributed by atoms with Crippen molar-refractivity contribution in [3.63, 3.8) is 0 Å². The van der Waals surface area contributed by atoms with Crippen LogP contribution in [-0.2, 0) is 18.6 Å². The van der Waals surface area contributed by atoms with Crippen LogP contribution in [0.3, 0.4) is 0 Å². The Kier molecular flexibility index (Phi) is 5.19. The SMILES string of the molecule is CCN1Cc2cnc(Nc3ccc4c(c3)NCCC4)nc2N1c1cccc(C(C)(C)O)n1. The fraction of sp³-hybridized carbons (Fsp3) is 0.375. The van der Waals surface area contributed by atoms with Gasteiger partial charge in [0.25, 0.3) is 0 Å². The Morgan fingerprint density at radius 1 is 1.16 bits per heavy atom. The van der Waals surface area contributed by atoms with E-state index in [2.05, 4.69) is 45.7 Å². The maximum absolute atomic E-state index is 10.4. The molecule has 0 atom stereocenters. The van der Waals surface area contributed by atoms with Crippen LogP contribution in [0.15, 0.2) is 42.6 Å². The van der Waals surface area contributed by atoms with E-state index in [0.29, 0.717) is 18.2 Å². The number of hydrazine groups is 1. The Hall–Kier alpha value is -3.23. The van der Waals surface area contributed by atoms with E-state index >= 15 is 0 Å². The summed E-state index contributed by atoms with van der Waals surface area (Å²) >= 11 is 0. The maximum Gasteiger partial charge on any atom is 0.229 e. The molecule has 8 heteroatoms. The lowest BCUT2D eigenvalue weighted by atomic mass is 10.0. The van der Waals surface area contributed by atoms with E-state index in [-0.39, 0.29) is 0 Å². The van der Waals surface area contributed by atoms with Gasteiger partial charge in [-0.25, -0.2) is 20.0 Å². The highest BCUT2D eigenvalue weighted by Gasteiger charge is 2.31. The highest BCUT2D eigenvalue weighted by atomic mass is 16.3. The molecule has 2 aliphatic heterocycles. The molecule has 3 N–H and O–H groups in total. The number of anilines is 5.